The zero-order chi connectivity index (χ0) is 12.8. The molecular weight excluding hydrogens is 244 g/mol. The van der Waals surface area contributed by atoms with E-state index in [0.717, 1.165) is 16.8 Å². The molecule has 0 bridgehead atoms. The van der Waals surface area contributed by atoms with Crippen molar-refractivity contribution in [2.75, 3.05) is 0 Å². The van der Waals surface area contributed by atoms with Gasteiger partial charge in [-0.2, -0.15) is 5.10 Å². The molecule has 0 N–H and O–H groups in total. The summed E-state index contributed by atoms with van der Waals surface area (Å²) in [7, 11) is 0. The average molecular weight is 257 g/mol. The molecule has 0 aromatic heterocycles. The molecule has 2 aromatic carbocycles. The van der Waals surface area contributed by atoms with Crippen molar-refractivity contribution in [2.24, 2.45) is 10.2 Å². The second-order valence-corrected chi connectivity index (χ2v) is 4.17. The third-order valence-corrected chi connectivity index (χ3v) is 2.79. The van der Waals surface area contributed by atoms with Crippen molar-refractivity contribution < 1.29 is 0 Å². The van der Waals surface area contributed by atoms with Crippen molar-refractivity contribution >= 4 is 22.5 Å². The lowest BCUT2D eigenvalue weighted by molar-refractivity contribution is 1.23. The van der Waals surface area contributed by atoms with Crippen LogP contribution in [0.4, 0.5) is 0 Å². The summed E-state index contributed by atoms with van der Waals surface area (Å²) in [6.45, 7) is 1.91. The SMILES string of the molecule is C/C(=N/N=C(/Cl)c1ccccc1)c1ccccc1. The van der Waals surface area contributed by atoms with Gasteiger partial charge in [-0.05, 0) is 12.5 Å². The second-order valence-electron chi connectivity index (χ2n) is 3.81. The lowest BCUT2D eigenvalue weighted by Gasteiger charge is -1.98. The molecule has 3 heteroatoms. The number of nitrogens with zero attached hydrogens (tertiary/aromatic N) is 2. The molecule has 0 saturated heterocycles. The largest absolute Gasteiger partial charge is 0.158 e. The van der Waals surface area contributed by atoms with E-state index in [0.29, 0.717) is 5.17 Å². The minimum Gasteiger partial charge on any atom is -0.154 e. The van der Waals surface area contributed by atoms with Crippen LogP contribution in [0.25, 0.3) is 0 Å². The quantitative estimate of drug-likeness (QED) is 0.584. The van der Waals surface area contributed by atoms with Crippen LogP contribution < -0.4 is 0 Å². The number of rotatable bonds is 3. The van der Waals surface area contributed by atoms with Crippen LogP contribution in [-0.4, -0.2) is 10.9 Å². The standard InChI is InChI=1S/C15H13ClN2/c1-12(13-8-4-2-5-9-13)17-18-15(16)14-10-6-3-7-11-14/h2-11H,1H3/b17-12-,18-15+. The van der Waals surface area contributed by atoms with Gasteiger partial charge >= 0.3 is 0 Å². The first-order valence-electron chi connectivity index (χ1n) is 5.66. The molecule has 2 rings (SSSR count). The van der Waals surface area contributed by atoms with Crippen molar-refractivity contribution in [3.63, 3.8) is 0 Å². The molecule has 0 unspecified atom stereocenters. The van der Waals surface area contributed by atoms with E-state index in [4.69, 9.17) is 11.6 Å². The predicted molar refractivity (Wildman–Crippen MR) is 77.5 cm³/mol. The van der Waals surface area contributed by atoms with Gasteiger partial charge in [-0.15, -0.1) is 5.10 Å². The lowest BCUT2D eigenvalue weighted by Crippen LogP contribution is -1.94. The van der Waals surface area contributed by atoms with Gasteiger partial charge in [0, 0.05) is 5.56 Å². The smallest absolute Gasteiger partial charge is 0.154 e. The first-order chi connectivity index (χ1) is 8.77. The van der Waals surface area contributed by atoms with E-state index in [1.165, 1.54) is 0 Å². The Hall–Kier alpha value is -1.93. The van der Waals surface area contributed by atoms with Crippen LogP contribution in [-0.2, 0) is 0 Å². The maximum Gasteiger partial charge on any atom is 0.158 e. The molecule has 90 valence electrons. The van der Waals surface area contributed by atoms with Gasteiger partial charge in [0.2, 0.25) is 0 Å². The van der Waals surface area contributed by atoms with Gasteiger partial charge in [-0.25, -0.2) is 0 Å². The van der Waals surface area contributed by atoms with E-state index in [9.17, 15) is 0 Å². The van der Waals surface area contributed by atoms with Crippen LogP contribution in [0.1, 0.15) is 18.1 Å². The van der Waals surface area contributed by atoms with Gasteiger partial charge in [0.25, 0.3) is 0 Å². The number of hydrogen-bond acceptors (Lipinski definition) is 2. The Bertz CT molecular complexity index is 506. The molecule has 18 heavy (non-hydrogen) atoms. The predicted octanol–water partition coefficient (Wildman–Crippen LogP) is 4.10. The van der Waals surface area contributed by atoms with Crippen LogP contribution in [0.3, 0.4) is 0 Å². The summed E-state index contributed by atoms with van der Waals surface area (Å²) < 4.78 is 0. The highest BCUT2D eigenvalue weighted by atomic mass is 35.5. The Kier molecular flexibility index (Phi) is 4.26. The Balaban J connectivity index is 2.20. The highest BCUT2D eigenvalue weighted by Gasteiger charge is 1.98. The third kappa shape index (κ3) is 3.28. The van der Waals surface area contributed by atoms with Crippen molar-refractivity contribution in [1.82, 2.24) is 0 Å². The van der Waals surface area contributed by atoms with Crippen molar-refractivity contribution in [3.8, 4) is 0 Å². The first kappa shape index (κ1) is 12.5. The summed E-state index contributed by atoms with van der Waals surface area (Å²) in [6.07, 6.45) is 0. The normalized spacial score (nSPS) is 12.6. The molecule has 0 heterocycles. The number of hydrogen-bond donors (Lipinski definition) is 0. The first-order valence-corrected chi connectivity index (χ1v) is 6.04. The molecule has 0 radical (unpaired) electrons. The van der Waals surface area contributed by atoms with Gasteiger partial charge < -0.3 is 0 Å². The Labute approximate surface area is 112 Å². The molecule has 0 amide bonds. The summed E-state index contributed by atoms with van der Waals surface area (Å²) in [6, 6.07) is 19.5. The second kappa shape index (κ2) is 6.12. The van der Waals surface area contributed by atoms with E-state index in [1.807, 2.05) is 67.6 Å². The average Bonchev–Trinajstić information content (AvgIpc) is 2.46. The molecule has 0 saturated carbocycles. The summed E-state index contributed by atoms with van der Waals surface area (Å²) in [5.74, 6) is 0. The van der Waals surface area contributed by atoms with E-state index in [-0.39, 0.29) is 0 Å². The maximum atomic E-state index is 6.08. The van der Waals surface area contributed by atoms with Crippen LogP contribution in [0.5, 0.6) is 0 Å². The molecule has 0 fully saturated rings. The number of benzene rings is 2. The van der Waals surface area contributed by atoms with Crippen molar-refractivity contribution in [1.29, 1.82) is 0 Å². The Morgan fingerprint density at radius 2 is 1.28 bits per heavy atom. The topological polar surface area (TPSA) is 24.7 Å². The maximum absolute atomic E-state index is 6.08. The molecular formula is C15H13ClN2. The van der Waals surface area contributed by atoms with E-state index in [2.05, 4.69) is 10.2 Å². The lowest BCUT2D eigenvalue weighted by atomic mass is 10.1. The van der Waals surface area contributed by atoms with E-state index in [1.54, 1.807) is 0 Å². The molecule has 0 aliphatic heterocycles. The fourth-order valence-electron chi connectivity index (χ4n) is 1.49. The Morgan fingerprint density at radius 1 is 0.778 bits per heavy atom. The monoisotopic (exact) mass is 256 g/mol. The highest BCUT2D eigenvalue weighted by Crippen LogP contribution is 2.06. The molecule has 0 atom stereocenters. The van der Waals surface area contributed by atoms with Crippen molar-refractivity contribution in [3.05, 3.63) is 71.8 Å². The number of halogens is 1. The molecule has 2 aromatic rings. The minimum absolute atomic E-state index is 0.394. The summed E-state index contributed by atoms with van der Waals surface area (Å²) in [5, 5.41) is 8.58. The summed E-state index contributed by atoms with van der Waals surface area (Å²) in [5.41, 5.74) is 2.74. The van der Waals surface area contributed by atoms with Gasteiger partial charge in [0.15, 0.2) is 5.17 Å². The Morgan fingerprint density at radius 3 is 1.83 bits per heavy atom. The van der Waals surface area contributed by atoms with E-state index >= 15 is 0 Å². The van der Waals surface area contributed by atoms with Gasteiger partial charge in [0.05, 0.1) is 5.71 Å². The van der Waals surface area contributed by atoms with Crippen molar-refractivity contribution in [2.45, 2.75) is 6.92 Å². The van der Waals surface area contributed by atoms with Crippen LogP contribution in [0.2, 0.25) is 0 Å². The third-order valence-electron chi connectivity index (χ3n) is 2.49. The highest BCUT2D eigenvalue weighted by molar-refractivity contribution is 6.69. The van der Waals surface area contributed by atoms with Gasteiger partial charge in [0.1, 0.15) is 0 Å². The molecule has 2 nitrogen and oxygen atoms in total. The summed E-state index contributed by atoms with van der Waals surface area (Å²) in [4.78, 5) is 0. The molecule has 0 spiro atoms. The van der Waals surface area contributed by atoms with Crippen LogP contribution >= 0.6 is 11.6 Å². The fourth-order valence-corrected chi connectivity index (χ4v) is 1.65. The molecule has 0 aliphatic rings. The fraction of sp³-hybridized carbons (Fsp3) is 0.0667. The summed E-state index contributed by atoms with van der Waals surface area (Å²) >= 11 is 6.08. The van der Waals surface area contributed by atoms with Gasteiger partial charge in [-0.3, -0.25) is 0 Å². The molecule has 0 aliphatic carbocycles. The zero-order valence-corrected chi connectivity index (χ0v) is 10.8. The van der Waals surface area contributed by atoms with Crippen LogP contribution in [0, 0.1) is 0 Å². The van der Waals surface area contributed by atoms with Crippen LogP contribution in [0.15, 0.2) is 70.9 Å². The zero-order valence-electron chi connectivity index (χ0n) is 10.0. The van der Waals surface area contributed by atoms with Gasteiger partial charge in [-0.1, -0.05) is 72.3 Å². The minimum atomic E-state index is 0.394. The van der Waals surface area contributed by atoms with E-state index < -0.39 is 0 Å².